The van der Waals surface area contributed by atoms with E-state index in [0.717, 1.165) is 16.1 Å². The molecule has 0 spiro atoms. The van der Waals surface area contributed by atoms with Gasteiger partial charge in [-0.25, -0.2) is 0 Å². The second-order valence-electron chi connectivity index (χ2n) is 5.66. The molecule has 0 fully saturated rings. The zero-order valence-electron chi connectivity index (χ0n) is 14.2. The molecule has 6 heteroatoms. The van der Waals surface area contributed by atoms with Gasteiger partial charge in [0.05, 0.1) is 6.54 Å². The average Bonchev–Trinajstić information content (AvgIpc) is 3.05. The van der Waals surface area contributed by atoms with Crippen LogP contribution in [0.25, 0.3) is 0 Å². The van der Waals surface area contributed by atoms with E-state index in [-0.39, 0.29) is 17.0 Å². The summed E-state index contributed by atoms with van der Waals surface area (Å²) < 4.78 is 0. The largest absolute Gasteiger partial charge is 0.338 e. The summed E-state index contributed by atoms with van der Waals surface area (Å²) in [6.45, 7) is 6.82. The molecule has 2 aromatic heterocycles. The maximum atomic E-state index is 12.5. The predicted octanol–water partition coefficient (Wildman–Crippen LogP) is 2.91. The van der Waals surface area contributed by atoms with Crippen LogP contribution in [0.15, 0.2) is 22.3 Å². The molecule has 0 aliphatic rings. The first kappa shape index (κ1) is 18.0. The first-order valence-corrected chi connectivity index (χ1v) is 8.78. The molecule has 0 bridgehead atoms. The highest BCUT2D eigenvalue weighted by molar-refractivity contribution is 7.09. The number of thiophene rings is 1. The molecule has 1 amide bonds. The number of carbonyl (C=O) groups is 1. The normalized spacial score (nSPS) is 10.4. The molecule has 0 saturated carbocycles. The van der Waals surface area contributed by atoms with Gasteiger partial charge in [-0.05, 0) is 49.8 Å². The van der Waals surface area contributed by atoms with E-state index in [0.29, 0.717) is 31.5 Å². The van der Waals surface area contributed by atoms with Crippen molar-refractivity contribution in [3.63, 3.8) is 0 Å². The number of aryl methyl sites for hydroxylation is 1. The zero-order chi connectivity index (χ0) is 17.7. The average molecular weight is 343 g/mol. The Morgan fingerprint density at radius 3 is 2.75 bits per heavy atom. The van der Waals surface area contributed by atoms with Gasteiger partial charge in [0.1, 0.15) is 11.6 Å². The standard InChI is InChI=1S/C18H21N3O2S/c1-4-21(11-14-6-5-9-24-14)17(22)8-7-15-12(2)16(10-19)18(23)20-13(15)3/h5-6,9H,4,7-8,11H2,1-3H3,(H,20,23). The van der Waals surface area contributed by atoms with Gasteiger partial charge < -0.3 is 9.88 Å². The molecule has 0 atom stereocenters. The van der Waals surface area contributed by atoms with Crippen molar-refractivity contribution in [1.82, 2.24) is 9.88 Å². The predicted molar refractivity (Wildman–Crippen MR) is 95.0 cm³/mol. The lowest BCUT2D eigenvalue weighted by Gasteiger charge is -2.20. The van der Waals surface area contributed by atoms with Gasteiger partial charge in [-0.3, -0.25) is 9.59 Å². The summed E-state index contributed by atoms with van der Waals surface area (Å²) in [6, 6.07) is 5.95. The summed E-state index contributed by atoms with van der Waals surface area (Å²) in [4.78, 5) is 30.0. The van der Waals surface area contributed by atoms with Crippen molar-refractivity contribution < 1.29 is 4.79 Å². The van der Waals surface area contributed by atoms with Crippen LogP contribution in [0.1, 0.15) is 40.6 Å². The number of rotatable bonds is 6. The first-order chi connectivity index (χ1) is 11.5. The number of H-pyrrole nitrogens is 1. The molecule has 0 aliphatic heterocycles. The summed E-state index contributed by atoms with van der Waals surface area (Å²) in [5.74, 6) is 0.0782. The van der Waals surface area contributed by atoms with Crippen molar-refractivity contribution >= 4 is 17.2 Å². The van der Waals surface area contributed by atoms with Gasteiger partial charge >= 0.3 is 0 Å². The highest BCUT2D eigenvalue weighted by Crippen LogP contribution is 2.17. The number of aromatic amines is 1. The summed E-state index contributed by atoms with van der Waals surface area (Å²) in [5.41, 5.74) is 2.05. The maximum absolute atomic E-state index is 12.5. The lowest BCUT2D eigenvalue weighted by atomic mass is 9.99. The third-order valence-corrected chi connectivity index (χ3v) is 5.03. The number of carbonyl (C=O) groups excluding carboxylic acids is 1. The van der Waals surface area contributed by atoms with Gasteiger partial charge in [-0.15, -0.1) is 11.3 Å². The van der Waals surface area contributed by atoms with Crippen LogP contribution in [0, 0.1) is 25.2 Å². The van der Waals surface area contributed by atoms with E-state index < -0.39 is 0 Å². The third kappa shape index (κ3) is 3.92. The molecule has 2 heterocycles. The van der Waals surface area contributed by atoms with Crippen LogP contribution in [0.4, 0.5) is 0 Å². The molecule has 1 N–H and O–H groups in total. The molecule has 0 radical (unpaired) electrons. The van der Waals surface area contributed by atoms with Crippen molar-refractivity contribution in [1.29, 1.82) is 5.26 Å². The fraction of sp³-hybridized carbons (Fsp3) is 0.389. The van der Waals surface area contributed by atoms with Gasteiger partial charge in [0.15, 0.2) is 0 Å². The van der Waals surface area contributed by atoms with E-state index in [2.05, 4.69) is 4.98 Å². The molecule has 24 heavy (non-hydrogen) atoms. The van der Waals surface area contributed by atoms with E-state index in [4.69, 9.17) is 5.26 Å². The summed E-state index contributed by atoms with van der Waals surface area (Å²) >= 11 is 1.64. The molecule has 0 saturated heterocycles. The maximum Gasteiger partial charge on any atom is 0.266 e. The summed E-state index contributed by atoms with van der Waals surface area (Å²) in [7, 11) is 0. The van der Waals surface area contributed by atoms with Crippen molar-refractivity contribution in [3.05, 3.63) is 55.1 Å². The Balaban J connectivity index is 2.11. The fourth-order valence-corrected chi connectivity index (χ4v) is 3.50. The third-order valence-electron chi connectivity index (χ3n) is 4.17. The second kappa shape index (κ2) is 7.93. The van der Waals surface area contributed by atoms with E-state index in [1.165, 1.54) is 0 Å². The number of hydrogen-bond donors (Lipinski definition) is 1. The van der Waals surface area contributed by atoms with E-state index >= 15 is 0 Å². The minimum atomic E-state index is -0.365. The Kier molecular flexibility index (Phi) is 5.93. The van der Waals surface area contributed by atoms with Crippen LogP contribution in [0.5, 0.6) is 0 Å². The number of nitrogens with one attached hydrogen (secondary N) is 1. The van der Waals surface area contributed by atoms with E-state index in [1.54, 1.807) is 25.2 Å². The van der Waals surface area contributed by atoms with E-state index in [9.17, 15) is 9.59 Å². The summed E-state index contributed by atoms with van der Waals surface area (Å²) in [6.07, 6.45) is 0.876. The van der Waals surface area contributed by atoms with Crippen molar-refractivity contribution in [3.8, 4) is 6.07 Å². The Hall–Kier alpha value is -2.39. The quantitative estimate of drug-likeness (QED) is 0.876. The SMILES string of the molecule is CCN(Cc1cccs1)C(=O)CCc1c(C)[nH]c(=O)c(C#N)c1C. The molecule has 0 aliphatic carbocycles. The Bertz CT molecular complexity index is 816. The van der Waals surface area contributed by atoms with E-state index in [1.807, 2.05) is 35.4 Å². The molecular weight excluding hydrogens is 322 g/mol. The zero-order valence-corrected chi connectivity index (χ0v) is 15.0. The monoisotopic (exact) mass is 343 g/mol. The van der Waals surface area contributed by atoms with Crippen LogP contribution < -0.4 is 5.56 Å². The Labute approximate surface area is 145 Å². The van der Waals surface area contributed by atoms with Crippen LogP contribution in [-0.2, 0) is 17.8 Å². The molecule has 2 rings (SSSR count). The molecule has 2 aromatic rings. The van der Waals surface area contributed by atoms with Crippen molar-refractivity contribution in [2.45, 2.75) is 40.2 Å². The Morgan fingerprint density at radius 2 is 2.17 bits per heavy atom. The van der Waals surface area contributed by atoms with Gasteiger partial charge in [-0.1, -0.05) is 6.07 Å². The van der Waals surface area contributed by atoms with Crippen LogP contribution in [0.3, 0.4) is 0 Å². The van der Waals surface area contributed by atoms with Gasteiger partial charge in [0.25, 0.3) is 5.56 Å². The highest BCUT2D eigenvalue weighted by Gasteiger charge is 2.16. The highest BCUT2D eigenvalue weighted by atomic mass is 32.1. The Morgan fingerprint density at radius 1 is 1.42 bits per heavy atom. The smallest absolute Gasteiger partial charge is 0.266 e. The minimum absolute atomic E-state index is 0.0782. The number of amides is 1. The molecule has 5 nitrogen and oxygen atoms in total. The topological polar surface area (TPSA) is 77.0 Å². The molecule has 126 valence electrons. The molecule has 0 aromatic carbocycles. The fourth-order valence-electron chi connectivity index (χ4n) is 2.78. The van der Waals surface area contributed by atoms with Crippen LogP contribution >= 0.6 is 11.3 Å². The number of nitrogens with zero attached hydrogens (tertiary/aromatic N) is 2. The van der Waals surface area contributed by atoms with Gasteiger partial charge in [0, 0.05) is 23.5 Å². The van der Waals surface area contributed by atoms with Crippen molar-refractivity contribution in [2.75, 3.05) is 6.54 Å². The lowest BCUT2D eigenvalue weighted by molar-refractivity contribution is -0.131. The lowest BCUT2D eigenvalue weighted by Crippen LogP contribution is -2.30. The molecule has 0 unspecified atom stereocenters. The summed E-state index contributed by atoms with van der Waals surface area (Å²) in [5, 5.41) is 11.1. The van der Waals surface area contributed by atoms with Gasteiger partial charge in [-0.2, -0.15) is 5.26 Å². The minimum Gasteiger partial charge on any atom is -0.338 e. The van der Waals surface area contributed by atoms with Crippen LogP contribution in [0.2, 0.25) is 0 Å². The second-order valence-corrected chi connectivity index (χ2v) is 6.69. The van der Waals surface area contributed by atoms with Crippen molar-refractivity contribution in [2.24, 2.45) is 0 Å². The molecular formula is C18H21N3O2S. The van der Waals surface area contributed by atoms with Crippen LogP contribution in [-0.4, -0.2) is 22.3 Å². The number of pyridine rings is 1. The number of nitriles is 1. The first-order valence-electron chi connectivity index (χ1n) is 7.90. The van der Waals surface area contributed by atoms with Gasteiger partial charge in [0.2, 0.25) is 5.91 Å². The number of aromatic nitrogens is 1. The number of hydrogen-bond acceptors (Lipinski definition) is 4.